The molecule has 1 aliphatic heterocycles. The topological polar surface area (TPSA) is 84.7 Å². The van der Waals surface area contributed by atoms with Crippen LogP contribution in [0.1, 0.15) is 11.7 Å². The van der Waals surface area contributed by atoms with E-state index in [0.717, 1.165) is 0 Å². The van der Waals surface area contributed by atoms with Crippen molar-refractivity contribution in [3.8, 4) is 5.75 Å². The number of nitrogens with zero attached hydrogens (tertiary/aromatic N) is 1. The molecule has 0 aromatic heterocycles. The highest BCUT2D eigenvalue weighted by molar-refractivity contribution is 7.89. The van der Waals surface area contributed by atoms with Gasteiger partial charge in [-0.2, -0.15) is 4.72 Å². The molecule has 0 bridgehead atoms. The number of nitrogens with one attached hydrogen (secondary N) is 1. The van der Waals surface area contributed by atoms with Crippen LogP contribution >= 0.6 is 0 Å². The Kier molecular flexibility index (Phi) is 2.62. The average Bonchev–Trinajstić information content (AvgIpc) is 2.50. The molecular formula is C9H13N3O3S. The summed E-state index contributed by atoms with van der Waals surface area (Å²) in [4.78, 5) is 0.246. The number of sulfonamides is 1. The maximum Gasteiger partial charge on any atom is 0.242 e. The first kappa shape index (κ1) is 11.3. The van der Waals surface area contributed by atoms with Gasteiger partial charge in [-0.1, -0.05) is 0 Å². The standard InChI is InChI=1S/C9H13N3O3S/c1-12(10)9-7-5-6(15-2)3-4-8(7)16(13,14)11-9/h3-5,9,11H,10H2,1-2H3. The molecule has 1 heterocycles. The highest BCUT2D eigenvalue weighted by Gasteiger charge is 2.35. The fourth-order valence-corrected chi connectivity index (χ4v) is 3.13. The van der Waals surface area contributed by atoms with Gasteiger partial charge in [0.1, 0.15) is 11.9 Å². The van der Waals surface area contributed by atoms with Crippen molar-refractivity contribution in [3.05, 3.63) is 23.8 Å². The Labute approximate surface area is 94.0 Å². The van der Waals surface area contributed by atoms with Crippen LogP contribution in [0.5, 0.6) is 5.75 Å². The number of ether oxygens (including phenoxy) is 1. The summed E-state index contributed by atoms with van der Waals surface area (Å²) in [6.07, 6.45) is -0.546. The van der Waals surface area contributed by atoms with Gasteiger partial charge in [0, 0.05) is 12.6 Å². The third-order valence-corrected chi connectivity index (χ3v) is 3.96. The average molecular weight is 243 g/mol. The van der Waals surface area contributed by atoms with E-state index < -0.39 is 16.2 Å². The number of hydrazine groups is 1. The molecule has 1 aromatic carbocycles. The van der Waals surface area contributed by atoms with E-state index in [2.05, 4.69) is 4.72 Å². The third-order valence-electron chi connectivity index (χ3n) is 2.48. The van der Waals surface area contributed by atoms with Crippen LogP contribution in [-0.2, 0) is 10.0 Å². The molecule has 16 heavy (non-hydrogen) atoms. The van der Waals surface area contributed by atoms with Crippen molar-refractivity contribution in [2.45, 2.75) is 11.1 Å². The van der Waals surface area contributed by atoms with E-state index in [1.54, 1.807) is 19.2 Å². The Morgan fingerprint density at radius 2 is 2.19 bits per heavy atom. The molecule has 0 spiro atoms. The molecule has 0 amide bonds. The first-order valence-electron chi connectivity index (χ1n) is 4.63. The molecule has 7 heteroatoms. The second-order valence-corrected chi connectivity index (χ2v) is 5.28. The molecule has 0 saturated heterocycles. The van der Waals surface area contributed by atoms with Gasteiger partial charge in [-0.05, 0) is 18.2 Å². The third kappa shape index (κ3) is 1.67. The van der Waals surface area contributed by atoms with E-state index in [4.69, 9.17) is 10.6 Å². The van der Waals surface area contributed by atoms with Crippen molar-refractivity contribution >= 4 is 10.0 Å². The normalized spacial score (nSPS) is 22.1. The van der Waals surface area contributed by atoms with Gasteiger partial charge < -0.3 is 4.74 Å². The summed E-state index contributed by atoms with van der Waals surface area (Å²) in [5.74, 6) is 6.19. The number of benzene rings is 1. The molecule has 1 aromatic rings. The summed E-state index contributed by atoms with van der Waals surface area (Å²) in [5.41, 5.74) is 0.601. The SMILES string of the molecule is COc1ccc2c(c1)C(N(C)N)NS2(=O)=O. The molecule has 3 N–H and O–H groups in total. The Morgan fingerprint density at radius 1 is 1.50 bits per heavy atom. The zero-order chi connectivity index (χ0) is 11.9. The van der Waals surface area contributed by atoms with Crippen molar-refractivity contribution in [1.29, 1.82) is 0 Å². The largest absolute Gasteiger partial charge is 0.497 e. The fraction of sp³-hybridized carbons (Fsp3) is 0.333. The van der Waals surface area contributed by atoms with Crippen molar-refractivity contribution < 1.29 is 13.2 Å². The Balaban J connectivity index is 2.59. The second-order valence-electron chi connectivity index (χ2n) is 3.59. The molecule has 0 fully saturated rings. The highest BCUT2D eigenvalue weighted by Crippen LogP contribution is 2.33. The van der Waals surface area contributed by atoms with Crippen LogP contribution < -0.4 is 15.3 Å². The van der Waals surface area contributed by atoms with Crippen molar-refractivity contribution in [3.63, 3.8) is 0 Å². The lowest BCUT2D eigenvalue weighted by atomic mass is 10.1. The first-order chi connectivity index (χ1) is 7.45. The molecular weight excluding hydrogens is 230 g/mol. The summed E-state index contributed by atoms with van der Waals surface area (Å²) < 4.78 is 31.0. The second kappa shape index (κ2) is 3.70. The molecule has 0 radical (unpaired) electrons. The zero-order valence-corrected chi connectivity index (χ0v) is 9.78. The lowest BCUT2D eigenvalue weighted by molar-refractivity contribution is 0.242. The zero-order valence-electron chi connectivity index (χ0n) is 8.97. The van der Waals surface area contributed by atoms with E-state index in [9.17, 15) is 8.42 Å². The van der Waals surface area contributed by atoms with E-state index in [1.807, 2.05) is 0 Å². The van der Waals surface area contributed by atoms with Gasteiger partial charge >= 0.3 is 0 Å². The molecule has 88 valence electrons. The van der Waals surface area contributed by atoms with Crippen LogP contribution in [0.2, 0.25) is 0 Å². The minimum Gasteiger partial charge on any atom is -0.497 e. The van der Waals surface area contributed by atoms with Crippen LogP contribution in [0.25, 0.3) is 0 Å². The number of nitrogens with two attached hydrogens (primary N) is 1. The number of fused-ring (bicyclic) bond motifs is 1. The quantitative estimate of drug-likeness (QED) is 0.554. The Hall–Kier alpha value is -1.15. The van der Waals surface area contributed by atoms with Gasteiger partial charge in [0.25, 0.3) is 0 Å². The van der Waals surface area contributed by atoms with Crippen LogP contribution in [-0.4, -0.2) is 27.6 Å². The number of rotatable bonds is 2. The Morgan fingerprint density at radius 3 is 2.75 bits per heavy atom. The molecule has 1 atom stereocenters. The van der Waals surface area contributed by atoms with E-state index in [0.29, 0.717) is 11.3 Å². The fourth-order valence-electron chi connectivity index (χ4n) is 1.69. The van der Waals surface area contributed by atoms with Crippen molar-refractivity contribution in [2.24, 2.45) is 5.84 Å². The van der Waals surface area contributed by atoms with E-state index in [-0.39, 0.29) is 4.90 Å². The summed E-state index contributed by atoms with van der Waals surface area (Å²) in [7, 11) is -0.325. The smallest absolute Gasteiger partial charge is 0.242 e. The molecule has 6 nitrogen and oxygen atoms in total. The van der Waals surface area contributed by atoms with Crippen molar-refractivity contribution in [2.75, 3.05) is 14.2 Å². The van der Waals surface area contributed by atoms with Crippen LogP contribution in [0.4, 0.5) is 0 Å². The molecule has 0 saturated carbocycles. The minimum atomic E-state index is -3.45. The Bertz CT molecular complexity index is 513. The summed E-state index contributed by atoms with van der Waals surface area (Å²) in [6.45, 7) is 0. The summed E-state index contributed by atoms with van der Waals surface area (Å²) >= 11 is 0. The van der Waals surface area contributed by atoms with Crippen LogP contribution in [0.15, 0.2) is 23.1 Å². The molecule has 2 rings (SSSR count). The summed E-state index contributed by atoms with van der Waals surface area (Å²) in [6, 6.07) is 4.79. The van der Waals surface area contributed by atoms with Gasteiger partial charge in [0.2, 0.25) is 10.0 Å². The lowest BCUT2D eigenvalue weighted by Crippen LogP contribution is -2.38. The maximum absolute atomic E-state index is 11.7. The first-order valence-corrected chi connectivity index (χ1v) is 6.12. The monoisotopic (exact) mass is 243 g/mol. The van der Waals surface area contributed by atoms with Gasteiger partial charge in [-0.15, -0.1) is 0 Å². The number of hydrogen-bond donors (Lipinski definition) is 2. The van der Waals surface area contributed by atoms with Gasteiger partial charge in [-0.25, -0.2) is 13.4 Å². The van der Waals surface area contributed by atoms with Crippen LogP contribution in [0, 0.1) is 0 Å². The lowest BCUT2D eigenvalue weighted by Gasteiger charge is -2.18. The maximum atomic E-state index is 11.7. The molecule has 1 aliphatic rings. The van der Waals surface area contributed by atoms with Gasteiger partial charge in [0.05, 0.1) is 12.0 Å². The van der Waals surface area contributed by atoms with Crippen LogP contribution in [0.3, 0.4) is 0 Å². The molecule has 1 unspecified atom stereocenters. The van der Waals surface area contributed by atoms with E-state index in [1.165, 1.54) is 18.2 Å². The highest BCUT2D eigenvalue weighted by atomic mass is 32.2. The summed E-state index contributed by atoms with van der Waals surface area (Å²) in [5, 5.41) is 1.31. The predicted octanol–water partition coefficient (Wildman–Crippen LogP) is -0.209. The van der Waals surface area contributed by atoms with E-state index >= 15 is 0 Å². The van der Waals surface area contributed by atoms with Gasteiger partial charge in [0.15, 0.2) is 0 Å². The van der Waals surface area contributed by atoms with Gasteiger partial charge in [-0.3, -0.25) is 5.84 Å². The van der Waals surface area contributed by atoms with Crippen molar-refractivity contribution in [1.82, 2.24) is 9.73 Å². The number of methoxy groups -OCH3 is 1. The number of hydrogen-bond acceptors (Lipinski definition) is 5. The predicted molar refractivity (Wildman–Crippen MR) is 58.0 cm³/mol. The minimum absolute atomic E-state index is 0.246. The molecule has 0 aliphatic carbocycles.